The molecule has 0 aliphatic rings. The van der Waals surface area contributed by atoms with E-state index in [0.717, 1.165) is 8.78 Å². The molecule has 0 saturated carbocycles. The molecular formula is C17H16BrNO5S. The van der Waals surface area contributed by atoms with E-state index in [1.807, 2.05) is 0 Å². The van der Waals surface area contributed by atoms with Crippen LogP contribution in [0.5, 0.6) is 5.75 Å². The van der Waals surface area contributed by atoms with Gasteiger partial charge in [0.1, 0.15) is 12.3 Å². The van der Waals surface area contributed by atoms with E-state index >= 15 is 0 Å². The van der Waals surface area contributed by atoms with Gasteiger partial charge in [0.2, 0.25) is 10.0 Å². The fraction of sp³-hybridized carbons (Fsp3) is 0.176. The summed E-state index contributed by atoms with van der Waals surface area (Å²) in [5.74, 6) is -0.533. The zero-order valence-corrected chi connectivity index (χ0v) is 16.0. The summed E-state index contributed by atoms with van der Waals surface area (Å²) in [5.41, 5.74) is 0.413. The first-order valence-electron chi connectivity index (χ1n) is 7.24. The van der Waals surface area contributed by atoms with Crippen molar-refractivity contribution < 1.29 is 22.7 Å². The van der Waals surface area contributed by atoms with Crippen LogP contribution in [0.2, 0.25) is 0 Å². The van der Waals surface area contributed by atoms with Crippen LogP contribution in [0.4, 0.5) is 0 Å². The molecule has 0 heterocycles. The zero-order valence-electron chi connectivity index (χ0n) is 13.6. The largest absolute Gasteiger partial charge is 0.426 e. The second kappa shape index (κ2) is 7.90. The molecule has 6 nitrogen and oxygen atoms in total. The van der Waals surface area contributed by atoms with E-state index in [4.69, 9.17) is 4.74 Å². The predicted octanol–water partition coefficient (Wildman–Crippen LogP) is 2.88. The third kappa shape index (κ3) is 4.97. The van der Waals surface area contributed by atoms with Gasteiger partial charge in [-0.1, -0.05) is 28.1 Å². The van der Waals surface area contributed by atoms with Gasteiger partial charge < -0.3 is 4.74 Å². The van der Waals surface area contributed by atoms with Crippen LogP contribution in [0, 0.1) is 0 Å². The van der Waals surface area contributed by atoms with Crippen molar-refractivity contribution in [2.24, 2.45) is 0 Å². The van der Waals surface area contributed by atoms with Gasteiger partial charge in [-0.15, -0.1) is 0 Å². The second-order valence-corrected chi connectivity index (χ2v) is 8.23. The van der Waals surface area contributed by atoms with Gasteiger partial charge in [0.15, 0.2) is 5.78 Å². The number of esters is 1. The van der Waals surface area contributed by atoms with Crippen molar-refractivity contribution in [2.45, 2.75) is 11.8 Å². The lowest BCUT2D eigenvalue weighted by molar-refractivity contribution is -0.134. The zero-order chi connectivity index (χ0) is 18.6. The Kier molecular flexibility index (Phi) is 6.10. The summed E-state index contributed by atoms with van der Waals surface area (Å²) in [4.78, 5) is 23.2. The molecule has 0 aromatic heterocycles. The molecule has 2 rings (SSSR count). The summed E-state index contributed by atoms with van der Waals surface area (Å²) < 4.78 is 31.8. The van der Waals surface area contributed by atoms with E-state index in [0.29, 0.717) is 11.3 Å². The Bertz CT molecular complexity index is 876. The van der Waals surface area contributed by atoms with Crippen molar-refractivity contribution in [3.8, 4) is 5.75 Å². The van der Waals surface area contributed by atoms with Gasteiger partial charge >= 0.3 is 5.97 Å². The number of hydrogen-bond donors (Lipinski definition) is 0. The van der Waals surface area contributed by atoms with Crippen LogP contribution in [0.25, 0.3) is 0 Å². The molecule has 8 heteroatoms. The highest BCUT2D eigenvalue weighted by molar-refractivity contribution is 9.10. The molecule has 0 N–H and O–H groups in total. The van der Waals surface area contributed by atoms with Crippen molar-refractivity contribution in [3.05, 3.63) is 58.6 Å². The Balaban J connectivity index is 2.07. The molecule has 0 atom stereocenters. The smallest absolute Gasteiger partial charge is 0.326 e. The van der Waals surface area contributed by atoms with Crippen LogP contribution in [0.3, 0.4) is 0 Å². The number of ketones is 1. The van der Waals surface area contributed by atoms with Crippen molar-refractivity contribution in [2.75, 3.05) is 13.6 Å². The number of carbonyl (C=O) groups excluding carboxylic acids is 2. The van der Waals surface area contributed by atoms with Crippen LogP contribution in [0.1, 0.15) is 17.3 Å². The number of benzene rings is 2. The van der Waals surface area contributed by atoms with Gasteiger partial charge in [-0.25, -0.2) is 8.42 Å². The van der Waals surface area contributed by atoms with E-state index in [1.54, 1.807) is 24.3 Å². The lowest BCUT2D eigenvalue weighted by atomic mass is 10.2. The van der Waals surface area contributed by atoms with Crippen molar-refractivity contribution in [1.29, 1.82) is 0 Å². The van der Waals surface area contributed by atoms with Crippen molar-refractivity contribution >= 4 is 37.7 Å². The van der Waals surface area contributed by atoms with E-state index < -0.39 is 22.5 Å². The lowest BCUT2D eigenvalue weighted by Crippen LogP contribution is -2.34. The number of hydrogen-bond acceptors (Lipinski definition) is 5. The number of nitrogens with zero attached hydrogens (tertiary/aromatic N) is 1. The van der Waals surface area contributed by atoms with E-state index in [1.165, 1.54) is 38.2 Å². The summed E-state index contributed by atoms with van der Waals surface area (Å²) in [7, 11) is -2.57. The first-order valence-corrected chi connectivity index (χ1v) is 9.47. The SMILES string of the molecule is CC(=O)c1ccc(S(=O)(=O)N(C)CC(=O)Oc2ccc(Br)cc2)cc1. The molecule has 0 saturated heterocycles. The molecule has 0 radical (unpaired) electrons. The fourth-order valence-electron chi connectivity index (χ4n) is 1.97. The number of likely N-dealkylation sites (N-methyl/N-ethyl adjacent to an activating group) is 1. The third-order valence-corrected chi connectivity index (χ3v) is 5.71. The maximum atomic E-state index is 12.5. The summed E-state index contributed by atoms with van der Waals surface area (Å²) in [6.45, 7) is 0.959. The van der Waals surface area contributed by atoms with E-state index in [2.05, 4.69) is 15.9 Å². The fourth-order valence-corrected chi connectivity index (χ4v) is 3.35. The number of halogens is 1. The van der Waals surface area contributed by atoms with E-state index in [9.17, 15) is 18.0 Å². The Morgan fingerprint density at radius 2 is 1.60 bits per heavy atom. The Labute approximate surface area is 154 Å². The predicted molar refractivity (Wildman–Crippen MR) is 96.0 cm³/mol. The highest BCUT2D eigenvalue weighted by Crippen LogP contribution is 2.18. The van der Waals surface area contributed by atoms with E-state index in [-0.39, 0.29) is 10.7 Å². The minimum absolute atomic E-state index is 0.00329. The Morgan fingerprint density at radius 1 is 1.04 bits per heavy atom. The first-order chi connectivity index (χ1) is 11.7. The van der Waals surface area contributed by atoms with Gasteiger partial charge in [0.05, 0.1) is 4.90 Å². The summed E-state index contributed by atoms with van der Waals surface area (Å²) in [6.07, 6.45) is 0. The highest BCUT2D eigenvalue weighted by atomic mass is 79.9. The number of ether oxygens (including phenoxy) is 1. The maximum Gasteiger partial charge on any atom is 0.326 e. The van der Waals surface area contributed by atoms with Crippen LogP contribution in [-0.2, 0) is 14.8 Å². The maximum absolute atomic E-state index is 12.5. The van der Waals surface area contributed by atoms with Gasteiger partial charge in [-0.05, 0) is 43.3 Å². The molecule has 2 aromatic rings. The topological polar surface area (TPSA) is 80.8 Å². The van der Waals surface area contributed by atoms with Crippen molar-refractivity contribution in [1.82, 2.24) is 4.31 Å². The van der Waals surface area contributed by atoms with Crippen molar-refractivity contribution in [3.63, 3.8) is 0 Å². The molecule has 0 fully saturated rings. The van der Waals surface area contributed by atoms with Gasteiger partial charge in [-0.3, -0.25) is 9.59 Å². The molecule has 0 spiro atoms. The van der Waals surface area contributed by atoms with Gasteiger partial charge in [0.25, 0.3) is 0 Å². The monoisotopic (exact) mass is 425 g/mol. The molecule has 132 valence electrons. The Hall–Kier alpha value is -2.03. The molecule has 0 amide bonds. The quantitative estimate of drug-likeness (QED) is 0.403. The third-order valence-electron chi connectivity index (χ3n) is 3.37. The van der Waals surface area contributed by atoms with Crippen LogP contribution in [0.15, 0.2) is 57.9 Å². The molecular weight excluding hydrogens is 410 g/mol. The number of rotatable bonds is 6. The molecule has 0 aliphatic heterocycles. The average Bonchev–Trinajstić information content (AvgIpc) is 2.57. The lowest BCUT2D eigenvalue weighted by Gasteiger charge is -2.16. The highest BCUT2D eigenvalue weighted by Gasteiger charge is 2.24. The van der Waals surface area contributed by atoms with Crippen LogP contribution >= 0.6 is 15.9 Å². The van der Waals surface area contributed by atoms with Gasteiger partial charge in [-0.2, -0.15) is 4.31 Å². The normalized spacial score (nSPS) is 11.4. The molecule has 2 aromatic carbocycles. The average molecular weight is 426 g/mol. The summed E-state index contributed by atoms with van der Waals surface area (Å²) in [6, 6.07) is 12.1. The first kappa shape index (κ1) is 19.3. The minimum Gasteiger partial charge on any atom is -0.426 e. The summed E-state index contributed by atoms with van der Waals surface area (Å²) in [5, 5.41) is 0. The molecule has 0 bridgehead atoms. The minimum atomic E-state index is -3.86. The number of sulfonamides is 1. The molecule has 0 unspecified atom stereocenters. The standard InChI is InChI=1S/C17H16BrNO5S/c1-12(20)13-3-9-16(10-4-13)25(22,23)19(2)11-17(21)24-15-7-5-14(18)6-8-15/h3-10H,11H2,1-2H3. The van der Waals surface area contributed by atoms with Crippen LogP contribution < -0.4 is 4.74 Å². The molecule has 25 heavy (non-hydrogen) atoms. The number of carbonyl (C=O) groups is 2. The van der Waals surface area contributed by atoms with Gasteiger partial charge in [0, 0.05) is 17.1 Å². The summed E-state index contributed by atoms with van der Waals surface area (Å²) >= 11 is 3.27. The van der Waals surface area contributed by atoms with Crippen LogP contribution in [-0.4, -0.2) is 38.1 Å². The Morgan fingerprint density at radius 3 is 2.12 bits per heavy atom. The molecule has 0 aliphatic carbocycles. The number of Topliss-reactive ketones (excluding diaryl/α,β-unsaturated/α-hetero) is 1. The second-order valence-electron chi connectivity index (χ2n) is 5.27.